The summed E-state index contributed by atoms with van der Waals surface area (Å²) < 4.78 is 1.90. The molecule has 3 atom stereocenters. The Kier molecular flexibility index (Phi) is 2.54. The van der Waals surface area contributed by atoms with Crippen molar-refractivity contribution in [1.29, 1.82) is 0 Å². The fraction of sp³-hybridized carbons (Fsp3) is 0.462. The number of hydrogen-bond donors (Lipinski definition) is 1. The van der Waals surface area contributed by atoms with Crippen LogP contribution in [-0.4, -0.2) is 20.5 Å². The fourth-order valence-corrected chi connectivity index (χ4v) is 2.23. The molecular weight excluding hydrogens is 228 g/mol. The largest absolute Gasteiger partial charge is 0.346 e. The molecule has 1 N–H and O–H groups in total. The number of aromatic nitrogens is 3. The maximum Gasteiger partial charge on any atom is 0.223 e. The zero-order chi connectivity index (χ0) is 12.7. The van der Waals surface area contributed by atoms with Gasteiger partial charge in [-0.25, -0.2) is 0 Å². The van der Waals surface area contributed by atoms with E-state index >= 15 is 0 Å². The Labute approximate surface area is 105 Å². The van der Waals surface area contributed by atoms with Gasteiger partial charge in [0.2, 0.25) is 5.91 Å². The summed E-state index contributed by atoms with van der Waals surface area (Å²) in [5.74, 6) is 1.61. The second-order valence-corrected chi connectivity index (χ2v) is 5.04. The average Bonchev–Trinajstić information content (AvgIpc) is 2.94. The van der Waals surface area contributed by atoms with Crippen LogP contribution in [0.3, 0.4) is 0 Å². The normalized spacial score (nSPS) is 23.9. The summed E-state index contributed by atoms with van der Waals surface area (Å²) in [6.45, 7) is 4.04. The van der Waals surface area contributed by atoms with Gasteiger partial charge in [-0.15, -0.1) is 10.2 Å². The number of pyridine rings is 1. The molecule has 1 aliphatic rings. The minimum Gasteiger partial charge on any atom is -0.346 e. The maximum atomic E-state index is 11.9. The molecule has 5 heteroatoms. The van der Waals surface area contributed by atoms with Crippen LogP contribution in [0.2, 0.25) is 0 Å². The van der Waals surface area contributed by atoms with Crippen LogP contribution in [0.15, 0.2) is 24.4 Å². The van der Waals surface area contributed by atoms with Gasteiger partial charge in [-0.1, -0.05) is 13.0 Å². The molecular formula is C13H16N4O. The first kappa shape index (κ1) is 11.2. The zero-order valence-corrected chi connectivity index (χ0v) is 10.5. The van der Waals surface area contributed by atoms with E-state index in [0.29, 0.717) is 5.92 Å². The summed E-state index contributed by atoms with van der Waals surface area (Å²) >= 11 is 0. The predicted molar refractivity (Wildman–Crippen MR) is 66.8 cm³/mol. The van der Waals surface area contributed by atoms with E-state index in [2.05, 4.69) is 22.4 Å². The van der Waals surface area contributed by atoms with Crippen LogP contribution in [-0.2, 0) is 4.79 Å². The van der Waals surface area contributed by atoms with Crippen molar-refractivity contribution < 1.29 is 4.79 Å². The number of rotatable bonds is 3. The number of carbonyl (C=O) groups is 1. The maximum absolute atomic E-state index is 11.9. The summed E-state index contributed by atoms with van der Waals surface area (Å²) in [6.07, 6.45) is 2.91. The van der Waals surface area contributed by atoms with Gasteiger partial charge in [0.25, 0.3) is 0 Å². The van der Waals surface area contributed by atoms with Crippen molar-refractivity contribution in [3.63, 3.8) is 0 Å². The number of nitrogens with zero attached hydrogens (tertiary/aromatic N) is 3. The molecule has 2 aromatic rings. The lowest BCUT2D eigenvalue weighted by Gasteiger charge is -2.12. The molecule has 0 bridgehead atoms. The minimum absolute atomic E-state index is 0.123. The van der Waals surface area contributed by atoms with Crippen molar-refractivity contribution in [2.45, 2.75) is 26.3 Å². The Bertz CT molecular complexity index is 591. The number of hydrogen-bond acceptors (Lipinski definition) is 3. The van der Waals surface area contributed by atoms with Gasteiger partial charge in [-0.05, 0) is 31.4 Å². The quantitative estimate of drug-likeness (QED) is 0.891. The highest BCUT2D eigenvalue weighted by molar-refractivity contribution is 5.81. The third-order valence-corrected chi connectivity index (χ3v) is 3.53. The molecule has 2 heterocycles. The van der Waals surface area contributed by atoms with E-state index in [0.717, 1.165) is 17.9 Å². The number of fused-ring (bicyclic) bond motifs is 1. The van der Waals surface area contributed by atoms with E-state index in [9.17, 15) is 4.79 Å². The third kappa shape index (κ3) is 1.85. The highest BCUT2D eigenvalue weighted by Gasteiger charge is 2.39. The van der Waals surface area contributed by atoms with Crippen molar-refractivity contribution >= 4 is 11.6 Å². The second-order valence-electron chi connectivity index (χ2n) is 5.04. The number of carbonyl (C=O) groups excluding carboxylic acids is 1. The molecule has 5 nitrogen and oxygen atoms in total. The summed E-state index contributed by atoms with van der Waals surface area (Å²) in [4.78, 5) is 11.9. The molecule has 3 rings (SSSR count). The lowest BCUT2D eigenvalue weighted by atomic mass is 10.2. The van der Waals surface area contributed by atoms with Gasteiger partial charge in [0.15, 0.2) is 11.5 Å². The van der Waals surface area contributed by atoms with Crippen molar-refractivity contribution in [3.05, 3.63) is 30.2 Å². The van der Waals surface area contributed by atoms with Gasteiger partial charge in [-0.3, -0.25) is 9.20 Å². The molecule has 0 unspecified atom stereocenters. The lowest BCUT2D eigenvalue weighted by Crippen LogP contribution is -2.29. The predicted octanol–water partition coefficient (Wildman–Crippen LogP) is 1.56. The Morgan fingerprint density at radius 2 is 2.28 bits per heavy atom. The monoisotopic (exact) mass is 244 g/mol. The van der Waals surface area contributed by atoms with Crippen LogP contribution in [0, 0.1) is 11.8 Å². The highest BCUT2D eigenvalue weighted by atomic mass is 16.2. The molecule has 0 aromatic carbocycles. The molecule has 94 valence electrons. The Morgan fingerprint density at radius 1 is 1.50 bits per heavy atom. The van der Waals surface area contributed by atoms with Crippen molar-refractivity contribution in [2.75, 3.05) is 0 Å². The Morgan fingerprint density at radius 3 is 3.00 bits per heavy atom. The zero-order valence-electron chi connectivity index (χ0n) is 10.5. The van der Waals surface area contributed by atoms with Crippen LogP contribution in [0.4, 0.5) is 0 Å². The fourth-order valence-electron chi connectivity index (χ4n) is 2.23. The molecule has 0 radical (unpaired) electrons. The standard InChI is InChI=1S/C13H16N4O/c1-8-7-10(8)13(18)14-9(2)12-16-15-11-5-3-4-6-17(11)12/h3-6,8-10H,7H2,1-2H3,(H,14,18)/t8-,9-,10-/m0/s1. The minimum atomic E-state index is -0.123. The summed E-state index contributed by atoms with van der Waals surface area (Å²) in [5, 5.41) is 11.2. The Hall–Kier alpha value is -1.91. The van der Waals surface area contributed by atoms with E-state index in [-0.39, 0.29) is 17.9 Å². The first-order valence-electron chi connectivity index (χ1n) is 6.27. The molecule has 1 aliphatic carbocycles. The van der Waals surface area contributed by atoms with Crippen LogP contribution in [0.1, 0.15) is 32.1 Å². The summed E-state index contributed by atoms with van der Waals surface area (Å²) in [6, 6.07) is 5.62. The van der Waals surface area contributed by atoms with Crippen LogP contribution in [0.25, 0.3) is 5.65 Å². The van der Waals surface area contributed by atoms with Crippen LogP contribution >= 0.6 is 0 Å². The first-order chi connectivity index (χ1) is 8.66. The second kappa shape index (κ2) is 4.08. The van der Waals surface area contributed by atoms with Gasteiger partial charge in [0.1, 0.15) is 0 Å². The first-order valence-corrected chi connectivity index (χ1v) is 6.27. The van der Waals surface area contributed by atoms with Crippen LogP contribution < -0.4 is 5.32 Å². The van der Waals surface area contributed by atoms with E-state index < -0.39 is 0 Å². The molecule has 0 aliphatic heterocycles. The molecule has 0 saturated heterocycles. The Balaban J connectivity index is 1.79. The van der Waals surface area contributed by atoms with E-state index in [4.69, 9.17) is 0 Å². The summed E-state index contributed by atoms with van der Waals surface area (Å²) in [5.41, 5.74) is 0.799. The van der Waals surface area contributed by atoms with Gasteiger partial charge in [-0.2, -0.15) is 0 Å². The topological polar surface area (TPSA) is 59.3 Å². The highest BCUT2D eigenvalue weighted by Crippen LogP contribution is 2.38. The van der Waals surface area contributed by atoms with Crippen molar-refractivity contribution in [1.82, 2.24) is 19.9 Å². The van der Waals surface area contributed by atoms with E-state index in [1.807, 2.05) is 35.7 Å². The third-order valence-electron chi connectivity index (χ3n) is 3.53. The van der Waals surface area contributed by atoms with E-state index in [1.165, 1.54) is 0 Å². The lowest BCUT2D eigenvalue weighted by molar-refractivity contribution is -0.123. The molecule has 1 fully saturated rings. The van der Waals surface area contributed by atoms with E-state index in [1.54, 1.807) is 0 Å². The molecule has 2 aromatic heterocycles. The molecule has 1 saturated carbocycles. The SMILES string of the molecule is C[C@H](NC(=O)[C@H]1C[C@@H]1C)c1nnc2ccccn12. The van der Waals surface area contributed by atoms with Gasteiger partial charge in [0.05, 0.1) is 6.04 Å². The number of amides is 1. The summed E-state index contributed by atoms with van der Waals surface area (Å²) in [7, 11) is 0. The average molecular weight is 244 g/mol. The molecule has 1 amide bonds. The number of nitrogens with one attached hydrogen (secondary N) is 1. The smallest absolute Gasteiger partial charge is 0.223 e. The van der Waals surface area contributed by atoms with Crippen molar-refractivity contribution in [3.8, 4) is 0 Å². The van der Waals surface area contributed by atoms with Crippen molar-refractivity contribution in [2.24, 2.45) is 11.8 Å². The van der Waals surface area contributed by atoms with Gasteiger partial charge < -0.3 is 5.32 Å². The van der Waals surface area contributed by atoms with Gasteiger partial charge in [0, 0.05) is 12.1 Å². The van der Waals surface area contributed by atoms with Gasteiger partial charge >= 0.3 is 0 Å². The van der Waals surface area contributed by atoms with Crippen LogP contribution in [0.5, 0.6) is 0 Å². The molecule has 0 spiro atoms. The molecule has 18 heavy (non-hydrogen) atoms.